The summed E-state index contributed by atoms with van der Waals surface area (Å²) < 4.78 is 14.0. The average molecular weight is 254 g/mol. The smallest absolute Gasteiger partial charge is 0.146 e. The number of β-amino-alcohol motifs (C(OH)–C–C–N with tert-alkyl or cyclic N) is 2. The van der Waals surface area contributed by atoms with Crippen molar-refractivity contribution in [3.8, 4) is 0 Å². The van der Waals surface area contributed by atoms with Gasteiger partial charge in [-0.2, -0.15) is 0 Å². The predicted molar refractivity (Wildman–Crippen MR) is 68.1 cm³/mol. The monoisotopic (exact) mass is 254 g/mol. The average Bonchev–Trinajstić information content (AvgIpc) is 2.68. The van der Waals surface area contributed by atoms with E-state index in [9.17, 15) is 14.6 Å². The third-order valence-corrected chi connectivity index (χ3v) is 3.50. The standard InChI is InChI=1S/C13H19FN2O2/c1-8(15-2)9-3-4-11(10(14)5-9)16-6-12(17)13(18)7-16/h3-5,8,12-13,15,17-18H,6-7H2,1-2H3. The Labute approximate surface area is 106 Å². The van der Waals surface area contributed by atoms with Crippen LogP contribution in [0.4, 0.5) is 10.1 Å². The van der Waals surface area contributed by atoms with Crippen molar-refractivity contribution in [3.63, 3.8) is 0 Å². The van der Waals surface area contributed by atoms with Crippen molar-refractivity contribution >= 4 is 5.69 Å². The van der Waals surface area contributed by atoms with E-state index in [2.05, 4.69) is 5.32 Å². The number of nitrogens with zero attached hydrogens (tertiary/aromatic N) is 1. The fraction of sp³-hybridized carbons (Fsp3) is 0.538. The maximum Gasteiger partial charge on any atom is 0.146 e. The zero-order valence-electron chi connectivity index (χ0n) is 10.6. The van der Waals surface area contributed by atoms with Crippen LogP contribution in [-0.2, 0) is 0 Å². The first-order valence-corrected chi connectivity index (χ1v) is 6.10. The van der Waals surface area contributed by atoms with E-state index in [1.165, 1.54) is 6.07 Å². The molecule has 4 nitrogen and oxygen atoms in total. The molecule has 1 aliphatic rings. The molecule has 1 aromatic rings. The SMILES string of the molecule is CNC(C)c1ccc(N2CC(O)C(O)C2)c(F)c1. The second kappa shape index (κ2) is 5.22. The van der Waals surface area contributed by atoms with Crippen LogP contribution >= 0.6 is 0 Å². The summed E-state index contributed by atoms with van der Waals surface area (Å²) in [4.78, 5) is 1.67. The predicted octanol–water partition coefficient (Wildman–Crippen LogP) is 0.648. The van der Waals surface area contributed by atoms with E-state index >= 15 is 0 Å². The Bertz CT molecular complexity index is 417. The number of rotatable bonds is 3. The molecule has 3 atom stereocenters. The third-order valence-electron chi connectivity index (χ3n) is 3.50. The Kier molecular flexibility index (Phi) is 3.85. The lowest BCUT2D eigenvalue weighted by Crippen LogP contribution is -2.22. The van der Waals surface area contributed by atoms with E-state index in [0.29, 0.717) is 5.69 Å². The van der Waals surface area contributed by atoms with Gasteiger partial charge in [0, 0.05) is 19.1 Å². The van der Waals surface area contributed by atoms with Crippen LogP contribution in [0, 0.1) is 5.82 Å². The lowest BCUT2D eigenvalue weighted by Gasteiger charge is -2.20. The van der Waals surface area contributed by atoms with Gasteiger partial charge in [0.1, 0.15) is 5.82 Å². The number of hydrogen-bond donors (Lipinski definition) is 3. The van der Waals surface area contributed by atoms with E-state index in [1.807, 2.05) is 20.0 Å². The lowest BCUT2D eigenvalue weighted by molar-refractivity contribution is 0.0572. The second-order valence-electron chi connectivity index (χ2n) is 4.76. The molecule has 1 heterocycles. The molecule has 0 saturated carbocycles. The van der Waals surface area contributed by atoms with Crippen LogP contribution in [-0.4, -0.2) is 42.6 Å². The molecule has 0 spiro atoms. The highest BCUT2D eigenvalue weighted by Crippen LogP contribution is 2.26. The number of nitrogens with one attached hydrogen (secondary N) is 1. The highest BCUT2D eigenvalue weighted by molar-refractivity contribution is 5.51. The summed E-state index contributed by atoms with van der Waals surface area (Å²) in [6, 6.07) is 5.14. The van der Waals surface area contributed by atoms with Crippen molar-refractivity contribution in [2.24, 2.45) is 0 Å². The van der Waals surface area contributed by atoms with Crippen LogP contribution in [0.15, 0.2) is 18.2 Å². The van der Waals surface area contributed by atoms with E-state index in [4.69, 9.17) is 0 Å². The van der Waals surface area contributed by atoms with Gasteiger partial charge in [0.2, 0.25) is 0 Å². The molecule has 0 bridgehead atoms. The Morgan fingerprint density at radius 2 is 1.94 bits per heavy atom. The summed E-state index contributed by atoms with van der Waals surface area (Å²) in [5.41, 5.74) is 1.30. The zero-order valence-corrected chi connectivity index (χ0v) is 10.6. The van der Waals surface area contributed by atoms with Gasteiger partial charge >= 0.3 is 0 Å². The van der Waals surface area contributed by atoms with Gasteiger partial charge in [-0.1, -0.05) is 6.07 Å². The first-order valence-electron chi connectivity index (χ1n) is 6.10. The number of anilines is 1. The minimum absolute atomic E-state index is 0.0864. The van der Waals surface area contributed by atoms with Crippen molar-refractivity contribution in [2.45, 2.75) is 25.2 Å². The van der Waals surface area contributed by atoms with Gasteiger partial charge in [-0.3, -0.25) is 0 Å². The Morgan fingerprint density at radius 3 is 2.44 bits per heavy atom. The van der Waals surface area contributed by atoms with Crippen LogP contribution in [0.25, 0.3) is 0 Å². The Hall–Kier alpha value is -1.17. The lowest BCUT2D eigenvalue weighted by atomic mass is 10.1. The molecule has 1 saturated heterocycles. The molecule has 1 aliphatic heterocycles. The van der Waals surface area contributed by atoms with Gasteiger partial charge in [0.25, 0.3) is 0 Å². The Morgan fingerprint density at radius 1 is 1.33 bits per heavy atom. The molecule has 100 valence electrons. The molecule has 1 aromatic carbocycles. The Balaban J connectivity index is 2.20. The van der Waals surface area contributed by atoms with E-state index in [1.54, 1.807) is 11.0 Å². The topological polar surface area (TPSA) is 55.7 Å². The summed E-state index contributed by atoms with van der Waals surface area (Å²) in [7, 11) is 1.82. The van der Waals surface area contributed by atoms with Gasteiger partial charge < -0.3 is 20.4 Å². The van der Waals surface area contributed by atoms with Crippen LogP contribution < -0.4 is 10.2 Å². The number of benzene rings is 1. The third kappa shape index (κ3) is 2.48. The molecule has 0 aromatic heterocycles. The van der Waals surface area contributed by atoms with Crippen molar-refractivity contribution < 1.29 is 14.6 Å². The van der Waals surface area contributed by atoms with Crippen LogP contribution in [0.1, 0.15) is 18.5 Å². The van der Waals surface area contributed by atoms with Crippen molar-refractivity contribution in [1.82, 2.24) is 5.32 Å². The summed E-state index contributed by atoms with van der Waals surface area (Å²) in [6.07, 6.45) is -1.61. The maximum absolute atomic E-state index is 14.0. The highest BCUT2D eigenvalue weighted by atomic mass is 19.1. The molecular formula is C13H19FN2O2. The van der Waals surface area contributed by atoms with Crippen LogP contribution in [0.3, 0.4) is 0 Å². The number of hydrogen-bond acceptors (Lipinski definition) is 4. The number of halogens is 1. The molecular weight excluding hydrogens is 235 g/mol. The maximum atomic E-state index is 14.0. The summed E-state index contributed by atoms with van der Waals surface area (Å²) in [6.45, 7) is 2.48. The molecule has 0 amide bonds. The molecule has 5 heteroatoms. The number of aliphatic hydroxyl groups is 2. The molecule has 3 unspecified atom stereocenters. The van der Waals surface area contributed by atoms with Crippen LogP contribution in [0.2, 0.25) is 0 Å². The fourth-order valence-electron chi connectivity index (χ4n) is 2.18. The molecule has 18 heavy (non-hydrogen) atoms. The van der Waals surface area contributed by atoms with E-state index in [0.717, 1.165) is 5.56 Å². The largest absolute Gasteiger partial charge is 0.389 e. The quantitative estimate of drug-likeness (QED) is 0.741. The van der Waals surface area contributed by atoms with Gasteiger partial charge in [0.15, 0.2) is 0 Å². The first kappa shape index (κ1) is 13.3. The fourth-order valence-corrected chi connectivity index (χ4v) is 2.18. The molecule has 0 aliphatic carbocycles. The van der Waals surface area contributed by atoms with Crippen molar-refractivity contribution in [1.29, 1.82) is 0 Å². The van der Waals surface area contributed by atoms with E-state index in [-0.39, 0.29) is 24.9 Å². The molecule has 2 rings (SSSR count). The minimum Gasteiger partial charge on any atom is -0.389 e. The van der Waals surface area contributed by atoms with Gasteiger partial charge in [0.05, 0.1) is 17.9 Å². The molecule has 0 radical (unpaired) electrons. The van der Waals surface area contributed by atoms with Gasteiger partial charge in [-0.25, -0.2) is 4.39 Å². The minimum atomic E-state index is -0.805. The summed E-state index contributed by atoms with van der Waals surface area (Å²) in [5, 5.41) is 22.0. The van der Waals surface area contributed by atoms with Gasteiger partial charge in [-0.15, -0.1) is 0 Å². The highest BCUT2D eigenvalue weighted by Gasteiger charge is 2.30. The first-order chi connectivity index (χ1) is 8.52. The summed E-state index contributed by atoms with van der Waals surface area (Å²) >= 11 is 0. The summed E-state index contributed by atoms with van der Waals surface area (Å²) in [5.74, 6) is -0.323. The van der Waals surface area contributed by atoms with Gasteiger partial charge in [-0.05, 0) is 31.7 Å². The molecule has 3 N–H and O–H groups in total. The van der Waals surface area contributed by atoms with Crippen LogP contribution in [0.5, 0.6) is 0 Å². The second-order valence-corrected chi connectivity index (χ2v) is 4.76. The zero-order chi connectivity index (χ0) is 13.3. The normalized spacial score (nSPS) is 25.5. The molecule has 1 fully saturated rings. The number of aliphatic hydroxyl groups excluding tert-OH is 2. The van der Waals surface area contributed by atoms with E-state index < -0.39 is 12.2 Å². The van der Waals surface area contributed by atoms with Crippen molar-refractivity contribution in [3.05, 3.63) is 29.6 Å². The van der Waals surface area contributed by atoms with Crippen molar-refractivity contribution in [2.75, 3.05) is 25.0 Å².